The zero-order chi connectivity index (χ0) is 25.1. The first kappa shape index (κ1) is 23.8. The van der Waals surface area contributed by atoms with Gasteiger partial charge in [-0.25, -0.2) is 0 Å². The fourth-order valence-corrected chi connectivity index (χ4v) is 4.36. The van der Waals surface area contributed by atoms with Crippen molar-refractivity contribution in [1.82, 2.24) is 4.57 Å². The van der Waals surface area contributed by atoms with Gasteiger partial charge < -0.3 is 29.2 Å². The second-order valence-corrected chi connectivity index (χ2v) is 8.03. The quantitative estimate of drug-likeness (QED) is 0.555. The van der Waals surface area contributed by atoms with Crippen LogP contribution in [0.15, 0.2) is 64.8 Å². The Morgan fingerprint density at radius 2 is 1.83 bits per heavy atom. The van der Waals surface area contributed by atoms with Gasteiger partial charge in [-0.05, 0) is 37.6 Å². The first-order valence-corrected chi connectivity index (χ1v) is 11.2. The molecule has 0 saturated heterocycles. The number of methoxy groups -OCH3 is 2. The molecule has 1 aromatic heterocycles. The molecule has 1 aliphatic heterocycles. The lowest BCUT2D eigenvalue weighted by molar-refractivity contribution is 0.310. The lowest BCUT2D eigenvalue weighted by atomic mass is 9.84. The van der Waals surface area contributed by atoms with E-state index in [0.29, 0.717) is 53.0 Å². The number of benzene rings is 2. The average Bonchev–Trinajstić information content (AvgIpc) is 2.86. The van der Waals surface area contributed by atoms with Crippen molar-refractivity contribution in [2.45, 2.75) is 26.3 Å². The summed E-state index contributed by atoms with van der Waals surface area (Å²) in [5, 5.41) is 9.95. The molecule has 0 amide bonds. The zero-order valence-corrected chi connectivity index (χ0v) is 20.1. The molecule has 35 heavy (non-hydrogen) atoms. The first-order valence-electron chi connectivity index (χ1n) is 11.2. The van der Waals surface area contributed by atoms with E-state index in [2.05, 4.69) is 6.07 Å². The van der Waals surface area contributed by atoms with Gasteiger partial charge >= 0.3 is 0 Å². The van der Waals surface area contributed by atoms with Crippen LogP contribution in [0.4, 0.5) is 0 Å². The molecule has 1 atom stereocenters. The van der Waals surface area contributed by atoms with Gasteiger partial charge in [0, 0.05) is 17.3 Å². The molecular formula is C27H27N3O5. The summed E-state index contributed by atoms with van der Waals surface area (Å²) in [6.07, 6.45) is 0. The third-order valence-electron chi connectivity index (χ3n) is 6.03. The molecule has 4 rings (SSSR count). The minimum atomic E-state index is -0.731. The number of rotatable bonds is 7. The molecule has 1 aliphatic rings. The zero-order valence-electron chi connectivity index (χ0n) is 20.1. The molecule has 2 aromatic carbocycles. The fourth-order valence-electron chi connectivity index (χ4n) is 4.36. The third kappa shape index (κ3) is 4.28. The van der Waals surface area contributed by atoms with Gasteiger partial charge in [0.1, 0.15) is 23.1 Å². The molecule has 0 saturated carbocycles. The summed E-state index contributed by atoms with van der Waals surface area (Å²) in [5.41, 5.74) is 8.57. The van der Waals surface area contributed by atoms with Crippen molar-refractivity contribution in [1.29, 1.82) is 5.26 Å². The highest BCUT2D eigenvalue weighted by Gasteiger charge is 2.35. The Morgan fingerprint density at radius 3 is 2.51 bits per heavy atom. The standard InChI is InChI=1S/C27H27N3O5/c1-5-34-21-11-10-17(13-22(21)33-4)24-19(14-28)26(29)35-23-12-16(2)30(27(31)25(23)24)15-18-8-6-7-9-20(18)32-3/h6-13,24H,5,15,29H2,1-4H3/t24-/m0/s1. The van der Waals surface area contributed by atoms with E-state index >= 15 is 0 Å². The van der Waals surface area contributed by atoms with Crippen LogP contribution in [0.5, 0.6) is 23.0 Å². The minimum Gasteiger partial charge on any atom is -0.496 e. The number of fused-ring (bicyclic) bond motifs is 1. The number of para-hydroxylation sites is 1. The van der Waals surface area contributed by atoms with E-state index in [4.69, 9.17) is 24.7 Å². The molecule has 0 bridgehead atoms. The van der Waals surface area contributed by atoms with Gasteiger partial charge in [0.2, 0.25) is 5.88 Å². The van der Waals surface area contributed by atoms with Gasteiger partial charge in [0.15, 0.2) is 11.5 Å². The smallest absolute Gasteiger partial charge is 0.259 e. The lowest BCUT2D eigenvalue weighted by Crippen LogP contribution is -2.33. The van der Waals surface area contributed by atoms with Gasteiger partial charge in [-0.2, -0.15) is 5.26 Å². The number of ether oxygens (including phenoxy) is 4. The van der Waals surface area contributed by atoms with Crippen LogP contribution < -0.4 is 30.2 Å². The van der Waals surface area contributed by atoms with Crippen molar-refractivity contribution < 1.29 is 18.9 Å². The van der Waals surface area contributed by atoms with E-state index < -0.39 is 5.92 Å². The number of aryl methyl sites for hydroxylation is 1. The SMILES string of the molecule is CCOc1ccc([C@H]2C(C#N)=C(N)Oc3cc(C)n(Cc4ccccc4OC)c(=O)c32)cc1OC. The lowest BCUT2D eigenvalue weighted by Gasteiger charge is -2.28. The largest absolute Gasteiger partial charge is 0.496 e. The molecule has 8 nitrogen and oxygen atoms in total. The second-order valence-electron chi connectivity index (χ2n) is 8.03. The highest BCUT2D eigenvalue weighted by atomic mass is 16.5. The van der Waals surface area contributed by atoms with E-state index in [1.54, 1.807) is 37.0 Å². The van der Waals surface area contributed by atoms with Crippen LogP contribution in [0.3, 0.4) is 0 Å². The number of nitriles is 1. The van der Waals surface area contributed by atoms with Crippen molar-refractivity contribution in [3.05, 3.63) is 92.7 Å². The Kier molecular flexibility index (Phi) is 6.69. The van der Waals surface area contributed by atoms with Crippen LogP contribution in [0.1, 0.15) is 35.2 Å². The maximum Gasteiger partial charge on any atom is 0.259 e. The fraction of sp³-hybridized carbons (Fsp3) is 0.259. The third-order valence-corrected chi connectivity index (χ3v) is 6.03. The van der Waals surface area contributed by atoms with Crippen LogP contribution in [0, 0.1) is 18.3 Å². The molecule has 2 heterocycles. The van der Waals surface area contributed by atoms with Crippen LogP contribution in [-0.2, 0) is 6.54 Å². The summed E-state index contributed by atoms with van der Waals surface area (Å²) in [4.78, 5) is 13.9. The average molecular weight is 474 g/mol. The van der Waals surface area contributed by atoms with Gasteiger partial charge in [-0.3, -0.25) is 4.79 Å². The van der Waals surface area contributed by atoms with E-state index in [1.165, 1.54) is 0 Å². The number of aromatic nitrogens is 1. The molecule has 0 radical (unpaired) electrons. The summed E-state index contributed by atoms with van der Waals surface area (Å²) >= 11 is 0. The second kappa shape index (κ2) is 9.85. The first-order chi connectivity index (χ1) is 16.9. The van der Waals surface area contributed by atoms with Crippen molar-refractivity contribution in [2.24, 2.45) is 5.73 Å². The predicted molar refractivity (Wildman–Crippen MR) is 131 cm³/mol. The van der Waals surface area contributed by atoms with E-state index in [0.717, 1.165) is 5.56 Å². The number of nitrogens with zero attached hydrogens (tertiary/aromatic N) is 2. The van der Waals surface area contributed by atoms with E-state index in [9.17, 15) is 10.1 Å². The van der Waals surface area contributed by atoms with Gasteiger partial charge in [-0.1, -0.05) is 24.3 Å². The van der Waals surface area contributed by atoms with Crippen LogP contribution >= 0.6 is 0 Å². The van der Waals surface area contributed by atoms with E-state index in [1.807, 2.05) is 44.2 Å². The molecule has 0 spiro atoms. The number of hydrogen-bond donors (Lipinski definition) is 1. The maximum absolute atomic E-state index is 13.9. The monoisotopic (exact) mass is 473 g/mol. The Bertz CT molecular complexity index is 1400. The highest BCUT2D eigenvalue weighted by molar-refractivity contribution is 5.57. The number of hydrogen-bond acceptors (Lipinski definition) is 7. The van der Waals surface area contributed by atoms with Crippen molar-refractivity contribution in [3.8, 4) is 29.1 Å². The van der Waals surface area contributed by atoms with E-state index in [-0.39, 0.29) is 17.0 Å². The molecule has 2 N–H and O–H groups in total. The summed E-state index contributed by atoms with van der Waals surface area (Å²) in [6, 6.07) is 16.8. The van der Waals surface area contributed by atoms with Crippen LogP contribution in [0.25, 0.3) is 0 Å². The Balaban J connectivity index is 1.91. The van der Waals surface area contributed by atoms with Crippen molar-refractivity contribution >= 4 is 0 Å². The summed E-state index contributed by atoms with van der Waals surface area (Å²) in [5.74, 6) is 1.32. The predicted octanol–water partition coefficient (Wildman–Crippen LogP) is 3.84. The summed E-state index contributed by atoms with van der Waals surface area (Å²) < 4.78 is 24.0. The number of allylic oxidation sites excluding steroid dienone is 1. The van der Waals surface area contributed by atoms with Gasteiger partial charge in [-0.15, -0.1) is 0 Å². The maximum atomic E-state index is 13.9. The van der Waals surface area contributed by atoms with Gasteiger partial charge in [0.25, 0.3) is 5.56 Å². The number of nitrogens with two attached hydrogens (primary N) is 1. The Morgan fingerprint density at radius 1 is 1.09 bits per heavy atom. The topological polar surface area (TPSA) is 109 Å². The minimum absolute atomic E-state index is 0.0286. The molecular weight excluding hydrogens is 446 g/mol. The molecule has 180 valence electrons. The van der Waals surface area contributed by atoms with Crippen LogP contribution in [0.2, 0.25) is 0 Å². The van der Waals surface area contributed by atoms with Crippen molar-refractivity contribution in [3.63, 3.8) is 0 Å². The van der Waals surface area contributed by atoms with Crippen LogP contribution in [-0.4, -0.2) is 25.4 Å². The molecule has 0 fully saturated rings. The summed E-state index contributed by atoms with van der Waals surface area (Å²) in [6.45, 7) is 4.47. The Hall–Kier alpha value is -4.38. The molecule has 8 heteroatoms. The summed E-state index contributed by atoms with van der Waals surface area (Å²) in [7, 11) is 3.13. The molecule has 0 aliphatic carbocycles. The molecule has 0 unspecified atom stereocenters. The van der Waals surface area contributed by atoms with Crippen molar-refractivity contribution in [2.75, 3.05) is 20.8 Å². The normalized spacial score (nSPS) is 14.5. The number of pyridine rings is 1. The molecule has 3 aromatic rings. The Labute approximate surface area is 203 Å². The highest BCUT2D eigenvalue weighted by Crippen LogP contribution is 2.42. The van der Waals surface area contributed by atoms with Gasteiger partial charge in [0.05, 0.1) is 38.9 Å².